The van der Waals surface area contributed by atoms with Gasteiger partial charge < -0.3 is 10.1 Å². The molecule has 0 aliphatic heterocycles. The molecule has 0 saturated heterocycles. The third-order valence-electron chi connectivity index (χ3n) is 6.06. The van der Waals surface area contributed by atoms with Crippen LogP contribution in [-0.2, 0) is 17.9 Å². The lowest BCUT2D eigenvalue weighted by Crippen LogP contribution is -2.37. The number of aromatic nitrogens is 4. The van der Waals surface area contributed by atoms with E-state index in [1.807, 2.05) is 38.1 Å². The second-order valence-corrected chi connectivity index (χ2v) is 9.37. The minimum atomic E-state index is -0.152. The molecule has 176 valence electrons. The zero-order chi connectivity index (χ0) is 23.4. The number of amides is 1. The quantitative estimate of drug-likeness (QED) is 0.401. The number of thioether (sulfide) groups is 1. The second kappa shape index (κ2) is 10.4. The molecule has 1 aliphatic carbocycles. The topological polar surface area (TPSA) is 91.0 Å². The fraction of sp³-hybridized carbons (Fsp3) is 0.500. The summed E-state index contributed by atoms with van der Waals surface area (Å²) >= 11 is 1.30. The van der Waals surface area contributed by atoms with Gasteiger partial charge in [-0.05, 0) is 44.4 Å². The van der Waals surface area contributed by atoms with Crippen LogP contribution in [-0.4, -0.2) is 44.1 Å². The van der Waals surface area contributed by atoms with E-state index in [1.165, 1.54) is 18.2 Å². The molecule has 1 N–H and O–H groups in total. The van der Waals surface area contributed by atoms with E-state index in [0.29, 0.717) is 35.0 Å². The van der Waals surface area contributed by atoms with Gasteiger partial charge >= 0.3 is 0 Å². The van der Waals surface area contributed by atoms with Crippen molar-refractivity contribution < 1.29 is 9.53 Å². The molecule has 1 aromatic carbocycles. The average molecular weight is 470 g/mol. The number of benzene rings is 1. The summed E-state index contributed by atoms with van der Waals surface area (Å²) in [6.45, 7) is 4.73. The lowest BCUT2D eigenvalue weighted by Gasteiger charge is -2.22. The Kier molecular flexibility index (Phi) is 7.37. The van der Waals surface area contributed by atoms with Crippen molar-refractivity contribution in [3.8, 4) is 5.75 Å². The maximum absolute atomic E-state index is 13.6. The van der Waals surface area contributed by atoms with Crippen molar-refractivity contribution in [3.63, 3.8) is 0 Å². The molecule has 0 spiro atoms. The van der Waals surface area contributed by atoms with E-state index in [-0.39, 0.29) is 23.3 Å². The van der Waals surface area contributed by atoms with Gasteiger partial charge in [0.15, 0.2) is 10.7 Å². The fourth-order valence-electron chi connectivity index (χ4n) is 4.37. The zero-order valence-corrected chi connectivity index (χ0v) is 20.3. The highest BCUT2D eigenvalue weighted by Gasteiger charge is 2.20. The molecule has 0 radical (unpaired) electrons. The van der Waals surface area contributed by atoms with E-state index < -0.39 is 0 Å². The Labute approximate surface area is 197 Å². The molecule has 8 nitrogen and oxygen atoms in total. The Balaban J connectivity index is 1.65. The molecule has 2 heterocycles. The van der Waals surface area contributed by atoms with Crippen LogP contribution in [0.5, 0.6) is 5.75 Å². The predicted molar refractivity (Wildman–Crippen MR) is 130 cm³/mol. The molecule has 9 heteroatoms. The number of rotatable bonds is 8. The summed E-state index contributed by atoms with van der Waals surface area (Å²) in [5, 5.41) is 8.15. The number of nitrogens with one attached hydrogen (secondary N) is 1. The first-order chi connectivity index (χ1) is 16.0. The standard InChI is InChI=1S/C24H31N5O3S/c1-4-29-22-21(16(2)27-29)26-24(33-15-20(30)25-18-10-6-5-7-11-18)28(23(22)31)14-17-9-8-12-19(13-17)32-3/h8-9,12-13,18H,4-7,10-11,14-15H2,1-3H3,(H,25,30). The van der Waals surface area contributed by atoms with Gasteiger partial charge in [-0.1, -0.05) is 43.2 Å². The highest BCUT2D eigenvalue weighted by Crippen LogP contribution is 2.23. The summed E-state index contributed by atoms with van der Waals surface area (Å²) in [5.41, 5.74) is 2.57. The van der Waals surface area contributed by atoms with Gasteiger partial charge in [-0.3, -0.25) is 18.8 Å². The molecule has 3 aromatic rings. The first-order valence-corrected chi connectivity index (χ1v) is 12.5. The molecule has 0 atom stereocenters. The Hall–Kier alpha value is -2.81. The van der Waals surface area contributed by atoms with Crippen molar-refractivity contribution in [1.82, 2.24) is 24.6 Å². The summed E-state index contributed by atoms with van der Waals surface area (Å²) in [4.78, 5) is 31.0. The molecule has 1 amide bonds. The number of carbonyl (C=O) groups is 1. The lowest BCUT2D eigenvalue weighted by molar-refractivity contribution is -0.119. The highest BCUT2D eigenvalue weighted by molar-refractivity contribution is 7.99. The fourth-order valence-corrected chi connectivity index (χ4v) is 5.17. The van der Waals surface area contributed by atoms with E-state index in [4.69, 9.17) is 9.72 Å². The summed E-state index contributed by atoms with van der Waals surface area (Å²) in [6, 6.07) is 7.88. The van der Waals surface area contributed by atoms with Crippen molar-refractivity contribution in [1.29, 1.82) is 0 Å². The maximum Gasteiger partial charge on any atom is 0.280 e. The second-order valence-electron chi connectivity index (χ2n) is 8.43. The maximum atomic E-state index is 13.6. The summed E-state index contributed by atoms with van der Waals surface area (Å²) in [6.07, 6.45) is 5.65. The van der Waals surface area contributed by atoms with E-state index >= 15 is 0 Å². The van der Waals surface area contributed by atoms with Crippen LogP contribution in [0.3, 0.4) is 0 Å². The molecule has 2 aromatic heterocycles. The van der Waals surface area contributed by atoms with Crippen molar-refractivity contribution in [2.24, 2.45) is 0 Å². The van der Waals surface area contributed by atoms with Gasteiger partial charge in [0.05, 0.1) is 25.1 Å². The van der Waals surface area contributed by atoms with Crippen molar-refractivity contribution in [3.05, 3.63) is 45.9 Å². The van der Waals surface area contributed by atoms with Gasteiger partial charge in [0, 0.05) is 12.6 Å². The summed E-state index contributed by atoms with van der Waals surface area (Å²) in [5.74, 6) is 0.924. The number of hydrogen-bond acceptors (Lipinski definition) is 6. The number of carbonyl (C=O) groups excluding carboxylic acids is 1. The highest BCUT2D eigenvalue weighted by atomic mass is 32.2. The lowest BCUT2D eigenvalue weighted by atomic mass is 9.95. The number of methoxy groups -OCH3 is 1. The SMILES string of the molecule is CCn1nc(C)c2nc(SCC(=O)NC3CCCCC3)n(Cc3cccc(OC)c3)c(=O)c21. The number of hydrogen-bond donors (Lipinski definition) is 1. The van der Waals surface area contributed by atoms with Gasteiger partial charge in [0.25, 0.3) is 5.56 Å². The van der Waals surface area contributed by atoms with Gasteiger partial charge in [-0.25, -0.2) is 4.98 Å². The molecular formula is C24H31N5O3S. The predicted octanol–water partition coefficient (Wildman–Crippen LogP) is 3.52. The van der Waals surface area contributed by atoms with Crippen LogP contribution in [0.1, 0.15) is 50.3 Å². The Bertz CT molecular complexity index is 1200. The minimum absolute atomic E-state index is 0.0184. The van der Waals surface area contributed by atoms with Crippen LogP contribution in [0.4, 0.5) is 0 Å². The largest absolute Gasteiger partial charge is 0.497 e. The normalized spacial score (nSPS) is 14.5. The van der Waals surface area contributed by atoms with Crippen LogP contribution in [0.25, 0.3) is 11.0 Å². The van der Waals surface area contributed by atoms with Gasteiger partial charge in [0.2, 0.25) is 5.91 Å². The van der Waals surface area contributed by atoms with Gasteiger partial charge in [-0.2, -0.15) is 5.10 Å². The number of fused-ring (bicyclic) bond motifs is 1. The molecular weight excluding hydrogens is 438 g/mol. The monoisotopic (exact) mass is 469 g/mol. The number of nitrogens with zero attached hydrogens (tertiary/aromatic N) is 4. The smallest absolute Gasteiger partial charge is 0.280 e. The average Bonchev–Trinajstić information content (AvgIpc) is 3.16. The van der Waals surface area contributed by atoms with Crippen LogP contribution in [0.15, 0.2) is 34.2 Å². The van der Waals surface area contributed by atoms with Crippen LogP contribution < -0.4 is 15.6 Å². The third kappa shape index (κ3) is 5.24. The number of ether oxygens (including phenoxy) is 1. The molecule has 0 unspecified atom stereocenters. The molecule has 0 bridgehead atoms. The van der Waals surface area contributed by atoms with E-state index in [2.05, 4.69) is 10.4 Å². The van der Waals surface area contributed by atoms with Crippen LogP contribution in [0, 0.1) is 6.92 Å². The molecule has 1 saturated carbocycles. The molecule has 33 heavy (non-hydrogen) atoms. The van der Waals surface area contributed by atoms with E-state index in [9.17, 15) is 9.59 Å². The van der Waals surface area contributed by atoms with Crippen LogP contribution in [0.2, 0.25) is 0 Å². The van der Waals surface area contributed by atoms with Crippen molar-refractivity contribution in [2.75, 3.05) is 12.9 Å². The summed E-state index contributed by atoms with van der Waals surface area (Å²) in [7, 11) is 1.62. The summed E-state index contributed by atoms with van der Waals surface area (Å²) < 4.78 is 8.68. The molecule has 1 fully saturated rings. The van der Waals surface area contributed by atoms with Gasteiger partial charge in [0.1, 0.15) is 11.3 Å². The minimum Gasteiger partial charge on any atom is -0.497 e. The van der Waals surface area contributed by atoms with E-state index in [1.54, 1.807) is 16.4 Å². The Morgan fingerprint density at radius 1 is 1.27 bits per heavy atom. The van der Waals surface area contributed by atoms with Crippen LogP contribution >= 0.6 is 11.8 Å². The third-order valence-corrected chi connectivity index (χ3v) is 7.04. The van der Waals surface area contributed by atoms with Crippen molar-refractivity contribution >= 4 is 28.7 Å². The zero-order valence-electron chi connectivity index (χ0n) is 19.5. The van der Waals surface area contributed by atoms with Gasteiger partial charge in [-0.15, -0.1) is 0 Å². The van der Waals surface area contributed by atoms with Crippen molar-refractivity contribution in [2.45, 2.75) is 70.2 Å². The Morgan fingerprint density at radius 2 is 2.06 bits per heavy atom. The molecule has 1 aliphatic rings. The Morgan fingerprint density at radius 3 is 2.79 bits per heavy atom. The first kappa shape index (κ1) is 23.4. The number of aryl methyl sites for hydroxylation is 2. The van der Waals surface area contributed by atoms with E-state index in [0.717, 1.165) is 37.0 Å². The first-order valence-electron chi connectivity index (χ1n) is 11.5. The molecule has 4 rings (SSSR count).